The summed E-state index contributed by atoms with van der Waals surface area (Å²) in [7, 11) is 0. The van der Waals surface area contributed by atoms with Crippen molar-refractivity contribution in [3.8, 4) is 5.69 Å². The topological polar surface area (TPSA) is 85.8 Å². The van der Waals surface area contributed by atoms with Crippen LogP contribution < -0.4 is 11.1 Å². The maximum Gasteiger partial charge on any atom is 0.277 e. The fourth-order valence-corrected chi connectivity index (χ4v) is 1.83. The normalized spacial score (nSPS) is 10.3. The molecule has 0 atom stereocenters. The maximum absolute atomic E-state index is 12.1. The summed E-state index contributed by atoms with van der Waals surface area (Å²) in [5.41, 5.74) is 7.47. The van der Waals surface area contributed by atoms with E-state index in [1.165, 1.54) is 0 Å². The first-order valence-corrected chi connectivity index (χ1v) is 6.36. The second-order valence-corrected chi connectivity index (χ2v) is 4.41. The number of nitrogens with one attached hydrogen (secondary N) is 1. The molecule has 0 aliphatic heterocycles. The summed E-state index contributed by atoms with van der Waals surface area (Å²) in [6.07, 6.45) is 3.33. The van der Waals surface area contributed by atoms with Gasteiger partial charge in [0.05, 0.1) is 5.69 Å². The summed E-state index contributed by atoms with van der Waals surface area (Å²) in [6.45, 7) is 0. The Bertz CT molecular complexity index is 749. The summed E-state index contributed by atoms with van der Waals surface area (Å²) in [4.78, 5) is 16.1. The van der Waals surface area contributed by atoms with Crippen molar-refractivity contribution in [2.24, 2.45) is 0 Å². The Morgan fingerprint density at radius 1 is 1.10 bits per heavy atom. The average molecular weight is 279 g/mol. The SMILES string of the molecule is Nc1ccc(-n2ccc(C(=O)Nc3ccccn3)n2)cc1. The van der Waals surface area contributed by atoms with Gasteiger partial charge < -0.3 is 11.1 Å². The lowest BCUT2D eigenvalue weighted by Crippen LogP contribution is -2.14. The number of benzene rings is 1. The molecule has 104 valence electrons. The van der Waals surface area contributed by atoms with E-state index in [0.717, 1.165) is 5.69 Å². The first kappa shape index (κ1) is 12.9. The third-order valence-electron chi connectivity index (χ3n) is 2.89. The fourth-order valence-electron chi connectivity index (χ4n) is 1.83. The zero-order valence-electron chi connectivity index (χ0n) is 11.1. The van der Waals surface area contributed by atoms with Crippen LogP contribution in [0, 0.1) is 0 Å². The van der Waals surface area contributed by atoms with E-state index in [9.17, 15) is 4.79 Å². The van der Waals surface area contributed by atoms with E-state index in [4.69, 9.17) is 5.73 Å². The number of rotatable bonds is 3. The van der Waals surface area contributed by atoms with E-state index >= 15 is 0 Å². The summed E-state index contributed by atoms with van der Waals surface area (Å²) in [5, 5.41) is 6.93. The second kappa shape index (κ2) is 5.46. The van der Waals surface area contributed by atoms with E-state index in [2.05, 4.69) is 15.4 Å². The van der Waals surface area contributed by atoms with E-state index in [1.54, 1.807) is 53.5 Å². The van der Waals surface area contributed by atoms with Crippen LogP contribution in [0.5, 0.6) is 0 Å². The third kappa shape index (κ3) is 2.89. The van der Waals surface area contributed by atoms with E-state index in [1.807, 2.05) is 12.1 Å². The Balaban J connectivity index is 1.78. The van der Waals surface area contributed by atoms with Gasteiger partial charge in [-0.3, -0.25) is 4.79 Å². The van der Waals surface area contributed by atoms with Gasteiger partial charge in [-0.15, -0.1) is 0 Å². The molecule has 0 spiro atoms. The number of carbonyl (C=O) groups excluding carboxylic acids is 1. The molecule has 3 N–H and O–H groups in total. The summed E-state index contributed by atoms with van der Waals surface area (Å²) in [5.74, 6) is 0.187. The molecule has 0 aliphatic rings. The van der Waals surface area contributed by atoms with Crippen molar-refractivity contribution in [2.45, 2.75) is 0 Å². The van der Waals surface area contributed by atoms with Crippen molar-refractivity contribution in [1.29, 1.82) is 0 Å². The van der Waals surface area contributed by atoms with Gasteiger partial charge in [0.2, 0.25) is 0 Å². The Kier molecular flexibility index (Phi) is 3.34. The van der Waals surface area contributed by atoms with Crippen LogP contribution in [0.15, 0.2) is 60.9 Å². The quantitative estimate of drug-likeness (QED) is 0.719. The number of pyridine rings is 1. The zero-order valence-corrected chi connectivity index (χ0v) is 11.1. The van der Waals surface area contributed by atoms with Gasteiger partial charge in [0, 0.05) is 18.1 Å². The molecule has 0 radical (unpaired) electrons. The Morgan fingerprint density at radius 3 is 2.62 bits per heavy atom. The Labute approximate surface area is 121 Å². The van der Waals surface area contributed by atoms with Crippen molar-refractivity contribution in [3.63, 3.8) is 0 Å². The molecule has 1 aromatic carbocycles. The van der Waals surface area contributed by atoms with Crippen molar-refractivity contribution in [3.05, 3.63) is 66.6 Å². The van der Waals surface area contributed by atoms with Crippen molar-refractivity contribution >= 4 is 17.4 Å². The predicted octanol–water partition coefficient (Wildman–Crippen LogP) is 2.10. The first-order chi connectivity index (χ1) is 10.2. The lowest BCUT2D eigenvalue weighted by Gasteiger charge is -2.02. The van der Waals surface area contributed by atoms with Crippen molar-refractivity contribution < 1.29 is 4.79 Å². The highest BCUT2D eigenvalue weighted by atomic mass is 16.2. The van der Waals surface area contributed by atoms with Crippen molar-refractivity contribution in [2.75, 3.05) is 11.1 Å². The highest BCUT2D eigenvalue weighted by Gasteiger charge is 2.10. The van der Waals surface area contributed by atoms with E-state index in [-0.39, 0.29) is 5.91 Å². The number of nitrogens with zero attached hydrogens (tertiary/aromatic N) is 3. The predicted molar refractivity (Wildman–Crippen MR) is 80.2 cm³/mol. The lowest BCUT2D eigenvalue weighted by atomic mass is 10.3. The van der Waals surface area contributed by atoms with E-state index in [0.29, 0.717) is 17.2 Å². The molecule has 2 heterocycles. The highest BCUT2D eigenvalue weighted by Crippen LogP contribution is 2.11. The van der Waals surface area contributed by atoms with Crippen LogP contribution in [0.3, 0.4) is 0 Å². The minimum Gasteiger partial charge on any atom is -0.399 e. The molecule has 1 amide bonds. The van der Waals surface area contributed by atoms with Crippen LogP contribution in [0.4, 0.5) is 11.5 Å². The largest absolute Gasteiger partial charge is 0.399 e. The molecule has 2 aromatic heterocycles. The molecule has 0 fully saturated rings. The monoisotopic (exact) mass is 279 g/mol. The van der Waals surface area contributed by atoms with Crippen LogP contribution in [0.25, 0.3) is 5.69 Å². The molecule has 3 aromatic rings. The molecule has 0 bridgehead atoms. The number of aromatic nitrogens is 3. The third-order valence-corrected chi connectivity index (χ3v) is 2.89. The van der Waals surface area contributed by atoms with Gasteiger partial charge in [0.15, 0.2) is 5.69 Å². The van der Waals surface area contributed by atoms with Gasteiger partial charge in [-0.2, -0.15) is 5.10 Å². The Morgan fingerprint density at radius 2 is 1.90 bits per heavy atom. The van der Waals surface area contributed by atoms with Crippen LogP contribution in [-0.2, 0) is 0 Å². The number of nitrogen functional groups attached to an aromatic ring is 1. The molecule has 21 heavy (non-hydrogen) atoms. The van der Waals surface area contributed by atoms with Gasteiger partial charge in [-0.05, 0) is 42.5 Å². The highest BCUT2D eigenvalue weighted by molar-refractivity contribution is 6.02. The fraction of sp³-hybridized carbons (Fsp3) is 0. The molecule has 0 unspecified atom stereocenters. The van der Waals surface area contributed by atoms with Gasteiger partial charge in [0.25, 0.3) is 5.91 Å². The van der Waals surface area contributed by atoms with Crippen LogP contribution in [0.1, 0.15) is 10.5 Å². The minimum atomic E-state index is -0.303. The number of nitrogens with two attached hydrogens (primary N) is 1. The van der Waals surface area contributed by atoms with Gasteiger partial charge in [0.1, 0.15) is 5.82 Å². The average Bonchev–Trinajstić information content (AvgIpc) is 2.99. The zero-order chi connectivity index (χ0) is 14.7. The molecule has 0 aliphatic carbocycles. The molecule has 3 rings (SSSR count). The van der Waals surface area contributed by atoms with Crippen LogP contribution >= 0.6 is 0 Å². The molecular formula is C15H13N5O. The van der Waals surface area contributed by atoms with Gasteiger partial charge in [-0.1, -0.05) is 6.07 Å². The minimum absolute atomic E-state index is 0.303. The van der Waals surface area contributed by atoms with Crippen LogP contribution in [-0.4, -0.2) is 20.7 Å². The van der Waals surface area contributed by atoms with Gasteiger partial charge >= 0.3 is 0 Å². The van der Waals surface area contributed by atoms with E-state index < -0.39 is 0 Å². The molecule has 0 saturated carbocycles. The standard InChI is InChI=1S/C15H13N5O/c16-11-4-6-12(7-5-11)20-10-8-13(19-20)15(21)18-14-3-1-2-9-17-14/h1-10H,16H2,(H,17,18,21). The summed E-state index contributed by atoms with van der Waals surface area (Å²) >= 11 is 0. The molecule has 6 heteroatoms. The Hall–Kier alpha value is -3.15. The molecule has 6 nitrogen and oxygen atoms in total. The first-order valence-electron chi connectivity index (χ1n) is 6.36. The van der Waals surface area contributed by atoms with Gasteiger partial charge in [-0.25, -0.2) is 9.67 Å². The summed E-state index contributed by atoms with van der Waals surface area (Å²) in [6, 6.07) is 14.2. The maximum atomic E-state index is 12.1. The molecule has 0 saturated heterocycles. The second-order valence-electron chi connectivity index (χ2n) is 4.41. The number of carbonyl (C=O) groups is 1. The number of hydrogen-bond acceptors (Lipinski definition) is 4. The van der Waals surface area contributed by atoms with Crippen LogP contribution in [0.2, 0.25) is 0 Å². The van der Waals surface area contributed by atoms with Crippen molar-refractivity contribution in [1.82, 2.24) is 14.8 Å². The smallest absolute Gasteiger partial charge is 0.277 e. The lowest BCUT2D eigenvalue weighted by molar-refractivity contribution is 0.102. The number of hydrogen-bond donors (Lipinski definition) is 2. The number of anilines is 2. The number of amides is 1. The molecular weight excluding hydrogens is 266 g/mol. The summed E-state index contributed by atoms with van der Waals surface area (Å²) < 4.78 is 1.62.